The average Bonchev–Trinajstić information content (AvgIpc) is 2.86. The van der Waals surface area contributed by atoms with Crippen LogP contribution >= 0.6 is 0 Å². The molecule has 7 heteroatoms. The smallest absolute Gasteiger partial charge is 0.414 e. The van der Waals surface area contributed by atoms with Crippen LogP contribution in [0.3, 0.4) is 0 Å². The highest BCUT2D eigenvalue weighted by molar-refractivity contribution is 6.27. The van der Waals surface area contributed by atoms with E-state index in [1.165, 1.54) is 6.42 Å². The van der Waals surface area contributed by atoms with Crippen LogP contribution in [0.5, 0.6) is 0 Å². The summed E-state index contributed by atoms with van der Waals surface area (Å²) in [5, 5.41) is 18.7. The first kappa shape index (κ1) is 15.2. The molecule has 2 atom stereocenters. The number of nitrogens with zero attached hydrogens (tertiary/aromatic N) is 2. The number of hydrogen-bond donors (Lipinski definition) is 2. The van der Waals surface area contributed by atoms with Crippen LogP contribution in [-0.4, -0.2) is 45.8 Å². The first-order valence-corrected chi connectivity index (χ1v) is 5.92. The van der Waals surface area contributed by atoms with E-state index in [2.05, 4.69) is 24.0 Å². The third kappa shape index (κ3) is 4.06. The Balaban J connectivity index is 0.000000258. The fraction of sp³-hybridized carbons (Fsp3) is 0.583. The lowest BCUT2D eigenvalue weighted by molar-refractivity contribution is -0.159. The van der Waals surface area contributed by atoms with E-state index in [1.54, 1.807) is 0 Å². The Labute approximate surface area is 110 Å². The number of aryl methyl sites for hydroxylation is 1. The Hall–Kier alpha value is -1.89. The molecule has 1 saturated heterocycles. The van der Waals surface area contributed by atoms with Crippen molar-refractivity contribution in [3.63, 3.8) is 0 Å². The second kappa shape index (κ2) is 6.33. The summed E-state index contributed by atoms with van der Waals surface area (Å²) < 4.78 is 5.30. The number of hydrogen-bond acceptors (Lipinski definition) is 5. The highest BCUT2D eigenvalue weighted by Gasteiger charge is 2.32. The van der Waals surface area contributed by atoms with Crippen LogP contribution in [0, 0.1) is 12.8 Å². The molecule has 1 aliphatic rings. The minimum Gasteiger partial charge on any atom is -0.473 e. The number of aromatic nitrogens is 1. The zero-order valence-electron chi connectivity index (χ0n) is 11.2. The van der Waals surface area contributed by atoms with E-state index in [-0.39, 0.29) is 0 Å². The molecular formula is C12H18N2O5. The van der Waals surface area contributed by atoms with Crippen LogP contribution in [0.1, 0.15) is 30.8 Å². The van der Waals surface area contributed by atoms with Crippen molar-refractivity contribution in [3.05, 3.63) is 17.5 Å². The molecular weight excluding hydrogens is 252 g/mol. The summed E-state index contributed by atoms with van der Waals surface area (Å²) in [6, 6.07) is 2.48. The van der Waals surface area contributed by atoms with Crippen molar-refractivity contribution < 1.29 is 24.3 Å². The Morgan fingerprint density at radius 3 is 2.32 bits per heavy atom. The normalized spacial score (nSPS) is 22.7. The van der Waals surface area contributed by atoms with Gasteiger partial charge in [0, 0.05) is 6.07 Å². The van der Waals surface area contributed by atoms with E-state index >= 15 is 0 Å². The minimum absolute atomic E-state index is 0.432. The third-order valence-corrected chi connectivity index (χ3v) is 3.07. The van der Waals surface area contributed by atoms with Crippen molar-refractivity contribution in [3.8, 4) is 0 Å². The number of carbonyl (C=O) groups is 2. The van der Waals surface area contributed by atoms with E-state index in [1.807, 2.05) is 13.0 Å². The second-order valence-electron chi connectivity index (χ2n) is 4.67. The quantitative estimate of drug-likeness (QED) is 0.737. The highest BCUT2D eigenvalue weighted by atomic mass is 16.5. The number of likely N-dealkylation sites (tertiary alicyclic amines) is 1. The van der Waals surface area contributed by atoms with E-state index in [4.69, 9.17) is 24.3 Å². The first-order chi connectivity index (χ1) is 8.82. The van der Waals surface area contributed by atoms with E-state index in [0.717, 1.165) is 18.0 Å². The lowest BCUT2D eigenvalue weighted by atomic mass is 10.0. The van der Waals surface area contributed by atoms with Crippen LogP contribution < -0.4 is 0 Å². The van der Waals surface area contributed by atoms with Crippen molar-refractivity contribution in [2.45, 2.75) is 26.3 Å². The van der Waals surface area contributed by atoms with Crippen LogP contribution in [-0.2, 0) is 9.59 Å². The van der Waals surface area contributed by atoms with Gasteiger partial charge in [0.05, 0.1) is 11.7 Å². The van der Waals surface area contributed by atoms with Crippen molar-refractivity contribution in [2.24, 2.45) is 5.92 Å². The minimum atomic E-state index is -1.82. The van der Waals surface area contributed by atoms with Gasteiger partial charge in [-0.15, -0.1) is 0 Å². The molecule has 0 aliphatic carbocycles. The summed E-state index contributed by atoms with van der Waals surface area (Å²) in [5.41, 5.74) is 0.975. The van der Waals surface area contributed by atoms with Crippen LogP contribution in [0.4, 0.5) is 0 Å². The molecule has 1 aliphatic heterocycles. The van der Waals surface area contributed by atoms with Gasteiger partial charge >= 0.3 is 11.9 Å². The molecule has 2 N–H and O–H groups in total. The molecule has 0 saturated carbocycles. The maximum Gasteiger partial charge on any atom is 0.414 e. The molecule has 0 aromatic carbocycles. The molecule has 0 bridgehead atoms. The Morgan fingerprint density at radius 2 is 2.00 bits per heavy atom. The molecule has 19 heavy (non-hydrogen) atoms. The number of aliphatic carboxylic acids is 2. The van der Waals surface area contributed by atoms with Gasteiger partial charge in [0.2, 0.25) is 0 Å². The molecule has 1 aromatic heterocycles. The maximum absolute atomic E-state index is 9.10. The predicted octanol–water partition coefficient (Wildman–Crippen LogP) is 1.15. The number of carboxylic acid groups (broad SMARTS) is 2. The zero-order chi connectivity index (χ0) is 14.6. The van der Waals surface area contributed by atoms with Crippen molar-refractivity contribution in [1.29, 1.82) is 0 Å². The monoisotopic (exact) mass is 270 g/mol. The summed E-state index contributed by atoms with van der Waals surface area (Å²) in [5.74, 6) is -1.95. The predicted molar refractivity (Wildman–Crippen MR) is 65.7 cm³/mol. The van der Waals surface area contributed by atoms with E-state index in [0.29, 0.717) is 12.0 Å². The summed E-state index contributed by atoms with van der Waals surface area (Å²) in [6.07, 6.45) is 1.25. The molecule has 1 aromatic rings. The van der Waals surface area contributed by atoms with Gasteiger partial charge in [-0.25, -0.2) is 9.59 Å². The molecule has 7 nitrogen and oxygen atoms in total. The topological polar surface area (TPSA) is 104 Å². The molecule has 1 fully saturated rings. The lowest BCUT2D eigenvalue weighted by Crippen LogP contribution is -2.19. The van der Waals surface area contributed by atoms with Gasteiger partial charge < -0.3 is 14.7 Å². The zero-order valence-corrected chi connectivity index (χ0v) is 11.2. The van der Waals surface area contributed by atoms with Gasteiger partial charge in [-0.3, -0.25) is 4.90 Å². The third-order valence-electron chi connectivity index (χ3n) is 3.07. The SMILES string of the molecule is Cc1cc(C2C(C)CCN2C)on1.O=C(O)C(=O)O. The Bertz CT molecular complexity index is 435. The van der Waals surface area contributed by atoms with Gasteiger partial charge in [-0.1, -0.05) is 12.1 Å². The highest BCUT2D eigenvalue weighted by Crippen LogP contribution is 2.35. The molecule has 0 spiro atoms. The number of carboxylic acids is 2. The van der Waals surface area contributed by atoms with Gasteiger partial charge in [0.25, 0.3) is 0 Å². The first-order valence-electron chi connectivity index (χ1n) is 5.92. The molecule has 0 radical (unpaired) electrons. The molecule has 0 amide bonds. The summed E-state index contributed by atoms with van der Waals surface area (Å²) in [7, 11) is 2.14. The van der Waals surface area contributed by atoms with Gasteiger partial charge in [0.1, 0.15) is 0 Å². The van der Waals surface area contributed by atoms with E-state index in [9.17, 15) is 0 Å². The molecule has 2 unspecified atom stereocenters. The average molecular weight is 270 g/mol. The lowest BCUT2D eigenvalue weighted by Gasteiger charge is -2.19. The molecule has 2 heterocycles. The summed E-state index contributed by atoms with van der Waals surface area (Å²) >= 11 is 0. The van der Waals surface area contributed by atoms with Crippen LogP contribution in [0.2, 0.25) is 0 Å². The Morgan fingerprint density at radius 1 is 1.42 bits per heavy atom. The fourth-order valence-corrected chi connectivity index (χ4v) is 2.16. The fourth-order valence-electron chi connectivity index (χ4n) is 2.16. The van der Waals surface area contributed by atoms with Gasteiger partial charge in [-0.2, -0.15) is 0 Å². The van der Waals surface area contributed by atoms with Crippen LogP contribution in [0.25, 0.3) is 0 Å². The number of rotatable bonds is 1. The molecule has 2 rings (SSSR count). The maximum atomic E-state index is 9.10. The summed E-state index contributed by atoms with van der Waals surface area (Å²) in [4.78, 5) is 20.5. The molecule has 106 valence electrons. The van der Waals surface area contributed by atoms with Gasteiger partial charge in [-0.05, 0) is 32.9 Å². The largest absolute Gasteiger partial charge is 0.473 e. The standard InChI is InChI=1S/C10H16N2O.C2H2O4/c1-7-4-5-12(3)10(7)9-6-8(2)11-13-9;3-1(4)2(5)6/h6-7,10H,4-5H2,1-3H3;(H,3,4)(H,5,6). The summed E-state index contributed by atoms with van der Waals surface area (Å²) in [6.45, 7) is 5.39. The Kier molecular flexibility index (Phi) is 5.05. The second-order valence-corrected chi connectivity index (χ2v) is 4.67. The van der Waals surface area contributed by atoms with Crippen LogP contribution in [0.15, 0.2) is 10.6 Å². The van der Waals surface area contributed by atoms with Crippen molar-refractivity contribution >= 4 is 11.9 Å². The van der Waals surface area contributed by atoms with Crippen molar-refractivity contribution in [2.75, 3.05) is 13.6 Å². The van der Waals surface area contributed by atoms with Crippen molar-refractivity contribution in [1.82, 2.24) is 10.1 Å². The van der Waals surface area contributed by atoms with E-state index < -0.39 is 11.9 Å². The van der Waals surface area contributed by atoms with Gasteiger partial charge in [0.15, 0.2) is 5.76 Å².